The van der Waals surface area contributed by atoms with Crippen molar-refractivity contribution >= 4 is 35.0 Å². The number of benzene rings is 2. The van der Waals surface area contributed by atoms with Crippen LogP contribution in [0.15, 0.2) is 48.5 Å². The van der Waals surface area contributed by atoms with Gasteiger partial charge in [-0.2, -0.15) is 0 Å². The molecule has 166 valence electrons. The molecule has 0 heterocycles. The van der Waals surface area contributed by atoms with Crippen LogP contribution in [0, 0.1) is 0 Å². The fourth-order valence-corrected chi connectivity index (χ4v) is 4.47. The summed E-state index contributed by atoms with van der Waals surface area (Å²) < 4.78 is 0. The molecule has 1 aliphatic rings. The van der Waals surface area contributed by atoms with Crippen molar-refractivity contribution in [1.29, 1.82) is 0 Å². The lowest BCUT2D eigenvalue weighted by Gasteiger charge is -2.31. The average Bonchev–Trinajstić information content (AvgIpc) is 2.78. The molecule has 0 aliphatic heterocycles. The molecular formula is C25H30Cl2N2O2. The van der Waals surface area contributed by atoms with Gasteiger partial charge in [0.25, 0.3) is 0 Å². The first-order valence-corrected chi connectivity index (χ1v) is 11.8. The summed E-state index contributed by atoms with van der Waals surface area (Å²) in [4.78, 5) is 27.9. The van der Waals surface area contributed by atoms with Crippen molar-refractivity contribution in [2.75, 3.05) is 0 Å². The van der Waals surface area contributed by atoms with Crippen LogP contribution < -0.4 is 5.32 Å². The number of nitrogens with one attached hydrogen (secondary N) is 1. The van der Waals surface area contributed by atoms with E-state index in [1.807, 2.05) is 42.5 Å². The van der Waals surface area contributed by atoms with Crippen LogP contribution >= 0.6 is 23.2 Å². The number of halogens is 2. The van der Waals surface area contributed by atoms with E-state index in [0.717, 1.165) is 36.8 Å². The number of hydrogen-bond donors (Lipinski definition) is 1. The number of nitrogens with zero attached hydrogens (tertiary/aromatic N) is 1. The topological polar surface area (TPSA) is 49.4 Å². The van der Waals surface area contributed by atoms with Gasteiger partial charge in [0.1, 0.15) is 6.04 Å². The minimum absolute atomic E-state index is 0.0915. The van der Waals surface area contributed by atoms with Gasteiger partial charge in [-0.3, -0.25) is 9.59 Å². The zero-order chi connectivity index (χ0) is 22.2. The minimum atomic E-state index is -0.586. The van der Waals surface area contributed by atoms with Crippen LogP contribution in [0.2, 0.25) is 10.0 Å². The Morgan fingerprint density at radius 2 is 1.55 bits per heavy atom. The lowest BCUT2D eigenvalue weighted by molar-refractivity contribution is -0.141. The van der Waals surface area contributed by atoms with Crippen LogP contribution in [0.4, 0.5) is 0 Å². The smallest absolute Gasteiger partial charge is 0.242 e. The Hall–Kier alpha value is -2.04. The van der Waals surface area contributed by atoms with Crippen LogP contribution in [0.1, 0.15) is 56.6 Å². The molecule has 0 bridgehead atoms. The van der Waals surface area contributed by atoms with E-state index in [-0.39, 0.29) is 24.3 Å². The molecule has 2 amide bonds. The fourth-order valence-electron chi connectivity index (χ4n) is 4.05. The van der Waals surface area contributed by atoms with E-state index in [4.69, 9.17) is 23.2 Å². The Bertz CT molecular complexity index is 897. The molecule has 3 rings (SSSR count). The summed E-state index contributed by atoms with van der Waals surface area (Å²) in [5.41, 5.74) is 1.75. The number of aryl methyl sites for hydroxylation is 1. The summed E-state index contributed by atoms with van der Waals surface area (Å²) in [5.74, 6) is -0.198. The molecule has 1 N–H and O–H groups in total. The molecule has 0 unspecified atom stereocenters. The normalized spacial score (nSPS) is 15.3. The summed E-state index contributed by atoms with van der Waals surface area (Å²) in [6.07, 6.45) is 6.30. The zero-order valence-electron chi connectivity index (χ0n) is 17.9. The van der Waals surface area contributed by atoms with Crippen LogP contribution in [0.5, 0.6) is 0 Å². The summed E-state index contributed by atoms with van der Waals surface area (Å²) in [7, 11) is 0. The number of rotatable bonds is 8. The molecule has 1 fully saturated rings. The lowest BCUT2D eigenvalue weighted by atomic mass is 9.95. The third-order valence-electron chi connectivity index (χ3n) is 5.98. The van der Waals surface area contributed by atoms with E-state index in [0.29, 0.717) is 23.0 Å². The van der Waals surface area contributed by atoms with Gasteiger partial charge < -0.3 is 10.2 Å². The maximum absolute atomic E-state index is 13.2. The maximum Gasteiger partial charge on any atom is 0.242 e. The molecule has 1 aliphatic carbocycles. The van der Waals surface area contributed by atoms with Crippen LogP contribution in [-0.2, 0) is 22.6 Å². The molecule has 2 aromatic carbocycles. The third-order valence-corrected chi connectivity index (χ3v) is 6.72. The molecule has 1 saturated carbocycles. The second-order valence-electron chi connectivity index (χ2n) is 8.22. The van der Waals surface area contributed by atoms with E-state index < -0.39 is 6.04 Å². The molecule has 6 heteroatoms. The first kappa shape index (κ1) is 23.6. The number of amides is 2. The summed E-state index contributed by atoms with van der Waals surface area (Å²) in [5, 5.41) is 4.39. The number of hydrogen-bond acceptors (Lipinski definition) is 2. The van der Waals surface area contributed by atoms with Crippen LogP contribution in [-0.4, -0.2) is 28.8 Å². The number of carbonyl (C=O) groups excluding carboxylic acids is 2. The van der Waals surface area contributed by atoms with E-state index in [2.05, 4.69) is 5.32 Å². The standard InChI is InChI=1S/C25H30Cl2N2O2/c1-18(25(31)28-21-11-3-2-4-12-21)29(17-20-10-6-8-14-23(20)27)24(30)16-15-19-9-5-7-13-22(19)26/h5-10,13-14,18,21H,2-4,11-12,15-17H2,1H3,(H,28,31)/t18-/m1/s1. The SMILES string of the molecule is C[C@H](C(=O)NC1CCCCC1)N(Cc1ccccc1Cl)C(=O)CCc1ccccc1Cl. The summed E-state index contributed by atoms with van der Waals surface area (Å²) >= 11 is 12.6. The van der Waals surface area contributed by atoms with Crippen molar-refractivity contribution in [3.05, 3.63) is 69.7 Å². The largest absolute Gasteiger partial charge is 0.352 e. The van der Waals surface area contributed by atoms with E-state index in [9.17, 15) is 9.59 Å². The number of carbonyl (C=O) groups is 2. The quantitative estimate of drug-likeness (QED) is 0.541. The van der Waals surface area contributed by atoms with Gasteiger partial charge in [0.05, 0.1) is 0 Å². The Balaban J connectivity index is 1.72. The Morgan fingerprint density at radius 1 is 0.968 bits per heavy atom. The first-order valence-electron chi connectivity index (χ1n) is 11.0. The predicted octanol–water partition coefficient (Wildman–Crippen LogP) is 5.79. The molecule has 0 saturated heterocycles. The summed E-state index contributed by atoms with van der Waals surface area (Å²) in [6.45, 7) is 2.09. The molecule has 0 aromatic heterocycles. The van der Waals surface area contributed by atoms with Crippen molar-refractivity contribution in [3.63, 3.8) is 0 Å². The van der Waals surface area contributed by atoms with Gasteiger partial charge in [0.15, 0.2) is 0 Å². The van der Waals surface area contributed by atoms with Gasteiger partial charge in [-0.15, -0.1) is 0 Å². The lowest BCUT2D eigenvalue weighted by Crippen LogP contribution is -2.50. The van der Waals surface area contributed by atoms with Gasteiger partial charge >= 0.3 is 0 Å². The second-order valence-corrected chi connectivity index (χ2v) is 9.04. The van der Waals surface area contributed by atoms with Crippen molar-refractivity contribution < 1.29 is 9.59 Å². The predicted molar refractivity (Wildman–Crippen MR) is 126 cm³/mol. The van der Waals surface area contributed by atoms with E-state index in [1.54, 1.807) is 17.9 Å². The van der Waals surface area contributed by atoms with Gasteiger partial charge in [-0.25, -0.2) is 0 Å². The maximum atomic E-state index is 13.2. The Kier molecular flexibility index (Phi) is 8.79. The van der Waals surface area contributed by atoms with Crippen molar-refractivity contribution in [3.8, 4) is 0 Å². The molecule has 0 radical (unpaired) electrons. The Morgan fingerprint density at radius 3 is 2.16 bits per heavy atom. The van der Waals surface area contributed by atoms with Gasteiger partial charge in [-0.1, -0.05) is 78.9 Å². The summed E-state index contributed by atoms with van der Waals surface area (Å²) in [6, 6.07) is 14.6. The van der Waals surface area contributed by atoms with Crippen LogP contribution in [0.3, 0.4) is 0 Å². The van der Waals surface area contributed by atoms with Crippen molar-refractivity contribution in [2.24, 2.45) is 0 Å². The van der Waals surface area contributed by atoms with Crippen molar-refractivity contribution in [2.45, 2.75) is 70.5 Å². The molecule has 1 atom stereocenters. The fraction of sp³-hybridized carbons (Fsp3) is 0.440. The van der Waals surface area contributed by atoms with E-state index in [1.165, 1.54) is 6.42 Å². The molecule has 2 aromatic rings. The third kappa shape index (κ3) is 6.72. The molecule has 0 spiro atoms. The first-order chi connectivity index (χ1) is 15.0. The van der Waals surface area contributed by atoms with Crippen LogP contribution in [0.25, 0.3) is 0 Å². The minimum Gasteiger partial charge on any atom is -0.352 e. The van der Waals surface area contributed by atoms with Gasteiger partial charge in [0.2, 0.25) is 11.8 Å². The highest BCUT2D eigenvalue weighted by atomic mass is 35.5. The highest BCUT2D eigenvalue weighted by molar-refractivity contribution is 6.31. The Labute approximate surface area is 194 Å². The molecular weight excluding hydrogens is 431 g/mol. The molecule has 4 nitrogen and oxygen atoms in total. The molecule has 31 heavy (non-hydrogen) atoms. The van der Waals surface area contributed by atoms with Gasteiger partial charge in [0, 0.05) is 29.1 Å². The van der Waals surface area contributed by atoms with E-state index >= 15 is 0 Å². The zero-order valence-corrected chi connectivity index (χ0v) is 19.5. The second kappa shape index (κ2) is 11.5. The van der Waals surface area contributed by atoms with Crippen molar-refractivity contribution in [1.82, 2.24) is 10.2 Å². The van der Waals surface area contributed by atoms with Gasteiger partial charge in [-0.05, 0) is 49.4 Å². The highest BCUT2D eigenvalue weighted by Crippen LogP contribution is 2.22. The highest BCUT2D eigenvalue weighted by Gasteiger charge is 2.28. The average molecular weight is 461 g/mol. The monoisotopic (exact) mass is 460 g/mol.